The maximum absolute atomic E-state index is 12.0. The first-order chi connectivity index (χ1) is 19.1. The van der Waals surface area contributed by atoms with Crippen LogP contribution in [-0.4, -0.2) is 51.6 Å². The first-order valence-corrected chi connectivity index (χ1v) is 12.0. The molecule has 6 aromatic rings. The number of aromatic amines is 1. The normalized spacial score (nSPS) is 11.9. The van der Waals surface area contributed by atoms with Gasteiger partial charge < -0.3 is 20.2 Å². The predicted octanol–water partition coefficient (Wildman–Crippen LogP) is 3.05. The molecule has 5 heterocycles. The van der Waals surface area contributed by atoms with E-state index in [1.54, 1.807) is 37.6 Å². The van der Waals surface area contributed by atoms with Gasteiger partial charge in [-0.25, -0.2) is 9.97 Å². The number of nitrogens with zero attached hydrogens (tertiary/aromatic N) is 7. The summed E-state index contributed by atoms with van der Waals surface area (Å²) in [6, 6.07) is 16.3. The first-order valence-electron chi connectivity index (χ1n) is 12.0. The molecular weight excluding hydrogens is 500 g/mol. The Morgan fingerprint density at radius 1 is 1.03 bits per heavy atom. The van der Waals surface area contributed by atoms with E-state index in [9.17, 15) is 9.90 Å². The standard InChI is InChI=1S/C26H22N10O3/c1-36-22-17(23(38)35-36)13-29-26(32-22)31-21-11-19(30-20(14-37)15-7-3-2-4-8-15)16(12-28-21)24-33-34-25(39-24)18-9-5-6-10-27-18/h2-13,20,37H,14H2,1H3,(H,35,38)(H2,28,29,30,31,32)/t20-/m1/s1. The molecule has 0 unspecified atom stereocenters. The smallest absolute Gasteiger partial charge is 0.275 e. The zero-order chi connectivity index (χ0) is 26.8. The summed E-state index contributed by atoms with van der Waals surface area (Å²) >= 11 is 0. The quantitative estimate of drug-likeness (QED) is 0.231. The fourth-order valence-corrected chi connectivity index (χ4v) is 4.07. The molecule has 1 aromatic carbocycles. The molecule has 5 aromatic heterocycles. The molecule has 13 heteroatoms. The van der Waals surface area contributed by atoms with Crippen LogP contribution >= 0.6 is 0 Å². The molecule has 194 valence electrons. The Bertz CT molecular complexity index is 1800. The predicted molar refractivity (Wildman–Crippen MR) is 143 cm³/mol. The van der Waals surface area contributed by atoms with Gasteiger partial charge in [0.2, 0.25) is 5.95 Å². The molecule has 0 spiro atoms. The third kappa shape index (κ3) is 4.81. The van der Waals surface area contributed by atoms with E-state index in [0.29, 0.717) is 33.8 Å². The van der Waals surface area contributed by atoms with Crippen molar-refractivity contribution in [2.75, 3.05) is 17.2 Å². The third-order valence-electron chi connectivity index (χ3n) is 6.00. The Hall–Kier alpha value is -5.43. The summed E-state index contributed by atoms with van der Waals surface area (Å²) in [5.41, 5.74) is 2.70. The van der Waals surface area contributed by atoms with Gasteiger partial charge in [0.15, 0.2) is 5.65 Å². The number of hydrogen-bond acceptors (Lipinski definition) is 11. The minimum atomic E-state index is -0.430. The Morgan fingerprint density at radius 2 is 1.85 bits per heavy atom. The van der Waals surface area contributed by atoms with Gasteiger partial charge in [-0.3, -0.25) is 19.6 Å². The zero-order valence-electron chi connectivity index (χ0n) is 20.6. The molecule has 4 N–H and O–H groups in total. The Labute approximate surface area is 220 Å². The molecule has 39 heavy (non-hydrogen) atoms. The molecule has 0 aliphatic heterocycles. The Balaban J connectivity index is 1.38. The van der Waals surface area contributed by atoms with E-state index in [2.05, 4.69) is 45.9 Å². The van der Waals surface area contributed by atoms with Crippen molar-refractivity contribution in [1.82, 2.24) is 39.9 Å². The van der Waals surface area contributed by atoms with Crippen LogP contribution in [0.2, 0.25) is 0 Å². The van der Waals surface area contributed by atoms with Crippen molar-refractivity contribution in [3.8, 4) is 23.0 Å². The van der Waals surface area contributed by atoms with Gasteiger partial charge >= 0.3 is 0 Å². The number of nitrogens with one attached hydrogen (secondary N) is 3. The SMILES string of the molecule is Cn1[nH]c(=O)c2cnc(Nc3cc(N[C@H](CO)c4ccccc4)c(-c4nnc(-c5ccccn5)o4)cn3)nc21. The first kappa shape index (κ1) is 23.9. The van der Waals surface area contributed by atoms with Crippen LogP contribution in [-0.2, 0) is 7.05 Å². The van der Waals surface area contributed by atoms with E-state index in [1.165, 1.54) is 10.9 Å². The highest BCUT2D eigenvalue weighted by Crippen LogP contribution is 2.33. The van der Waals surface area contributed by atoms with Crippen molar-refractivity contribution in [2.45, 2.75) is 6.04 Å². The number of anilines is 3. The van der Waals surface area contributed by atoms with Crippen LogP contribution in [0.1, 0.15) is 11.6 Å². The largest absolute Gasteiger partial charge is 0.414 e. The van der Waals surface area contributed by atoms with Crippen LogP contribution in [0.3, 0.4) is 0 Å². The summed E-state index contributed by atoms with van der Waals surface area (Å²) in [5.74, 6) is 1.15. The molecular formula is C26H22N10O3. The molecule has 0 radical (unpaired) electrons. The maximum Gasteiger partial charge on any atom is 0.275 e. The summed E-state index contributed by atoms with van der Waals surface area (Å²) in [4.78, 5) is 29.4. The average molecular weight is 523 g/mol. The van der Waals surface area contributed by atoms with Crippen LogP contribution in [0.15, 0.2) is 82.4 Å². The average Bonchev–Trinajstić information content (AvgIpc) is 3.57. The third-order valence-corrected chi connectivity index (χ3v) is 6.00. The van der Waals surface area contributed by atoms with E-state index in [4.69, 9.17) is 4.42 Å². The van der Waals surface area contributed by atoms with Crippen LogP contribution < -0.4 is 16.2 Å². The Kier molecular flexibility index (Phi) is 6.23. The van der Waals surface area contributed by atoms with Crippen LogP contribution in [0.25, 0.3) is 34.1 Å². The number of H-pyrrole nitrogens is 1. The number of rotatable bonds is 8. The van der Waals surface area contributed by atoms with Gasteiger partial charge in [-0.15, -0.1) is 10.2 Å². The van der Waals surface area contributed by atoms with E-state index < -0.39 is 6.04 Å². The van der Waals surface area contributed by atoms with Crippen molar-refractivity contribution >= 4 is 28.5 Å². The van der Waals surface area contributed by atoms with Gasteiger partial charge in [0.05, 0.1) is 23.9 Å². The number of aliphatic hydroxyl groups excluding tert-OH is 1. The maximum atomic E-state index is 12.0. The highest BCUT2D eigenvalue weighted by Gasteiger charge is 2.19. The topological polar surface area (TPSA) is 173 Å². The number of aromatic nitrogens is 8. The van der Waals surface area contributed by atoms with Gasteiger partial charge in [0, 0.05) is 31.7 Å². The molecule has 6 rings (SSSR count). The molecule has 0 saturated heterocycles. The molecule has 0 fully saturated rings. The number of aryl methyl sites for hydroxylation is 1. The number of aliphatic hydroxyl groups is 1. The second-order valence-electron chi connectivity index (χ2n) is 8.59. The van der Waals surface area contributed by atoms with Crippen molar-refractivity contribution in [3.05, 3.63) is 89.1 Å². The lowest BCUT2D eigenvalue weighted by atomic mass is 10.1. The minimum absolute atomic E-state index is 0.168. The van der Waals surface area contributed by atoms with Gasteiger partial charge in [-0.05, 0) is 17.7 Å². The molecule has 0 aliphatic rings. The van der Waals surface area contributed by atoms with Gasteiger partial charge in [-0.1, -0.05) is 36.4 Å². The molecule has 0 aliphatic carbocycles. The minimum Gasteiger partial charge on any atom is -0.414 e. The van der Waals surface area contributed by atoms with Crippen molar-refractivity contribution in [1.29, 1.82) is 0 Å². The summed E-state index contributed by atoms with van der Waals surface area (Å²) in [5, 5.41) is 28.0. The fraction of sp³-hybridized carbons (Fsp3) is 0.115. The molecule has 13 nitrogen and oxygen atoms in total. The lowest BCUT2D eigenvalue weighted by Crippen LogP contribution is -2.15. The molecule has 1 atom stereocenters. The highest BCUT2D eigenvalue weighted by atomic mass is 16.4. The summed E-state index contributed by atoms with van der Waals surface area (Å²) in [6.45, 7) is -0.168. The van der Waals surface area contributed by atoms with Gasteiger partial charge in [0.1, 0.15) is 16.9 Å². The lowest BCUT2D eigenvalue weighted by molar-refractivity contribution is 0.276. The number of hydrogen-bond donors (Lipinski definition) is 4. The van der Waals surface area contributed by atoms with E-state index in [-0.39, 0.29) is 29.9 Å². The lowest BCUT2D eigenvalue weighted by Gasteiger charge is -2.20. The number of pyridine rings is 2. The van der Waals surface area contributed by atoms with Gasteiger partial charge in [0.25, 0.3) is 17.3 Å². The van der Waals surface area contributed by atoms with Crippen LogP contribution in [0, 0.1) is 0 Å². The Morgan fingerprint density at radius 3 is 2.64 bits per heavy atom. The summed E-state index contributed by atoms with van der Waals surface area (Å²) < 4.78 is 7.45. The van der Waals surface area contributed by atoms with Crippen molar-refractivity contribution in [2.24, 2.45) is 7.05 Å². The molecule has 0 amide bonds. The van der Waals surface area contributed by atoms with Crippen LogP contribution in [0.4, 0.5) is 17.5 Å². The zero-order valence-corrected chi connectivity index (χ0v) is 20.6. The highest BCUT2D eigenvalue weighted by molar-refractivity contribution is 5.77. The molecule has 0 saturated carbocycles. The second-order valence-corrected chi connectivity index (χ2v) is 8.59. The number of fused-ring (bicyclic) bond motifs is 1. The monoisotopic (exact) mass is 522 g/mol. The van der Waals surface area contributed by atoms with E-state index >= 15 is 0 Å². The number of benzene rings is 1. The van der Waals surface area contributed by atoms with Gasteiger partial charge in [-0.2, -0.15) is 4.98 Å². The van der Waals surface area contributed by atoms with E-state index in [1.807, 2.05) is 36.4 Å². The summed E-state index contributed by atoms with van der Waals surface area (Å²) in [7, 11) is 1.69. The van der Waals surface area contributed by atoms with Crippen molar-refractivity contribution in [3.63, 3.8) is 0 Å². The fourth-order valence-electron chi connectivity index (χ4n) is 4.07. The molecule has 0 bridgehead atoms. The van der Waals surface area contributed by atoms with E-state index in [0.717, 1.165) is 5.56 Å². The van der Waals surface area contributed by atoms with Crippen molar-refractivity contribution < 1.29 is 9.52 Å². The second kappa shape index (κ2) is 10.1. The van der Waals surface area contributed by atoms with Crippen LogP contribution in [0.5, 0.6) is 0 Å². The summed E-state index contributed by atoms with van der Waals surface area (Å²) in [6.07, 6.45) is 4.67.